The molecular formula is C27H30F3N7O3. The molecule has 0 aliphatic carbocycles. The van der Waals surface area contributed by atoms with E-state index < -0.39 is 29.2 Å². The van der Waals surface area contributed by atoms with Crippen LogP contribution in [0.25, 0.3) is 0 Å². The highest BCUT2D eigenvalue weighted by Crippen LogP contribution is 2.37. The van der Waals surface area contributed by atoms with Crippen LogP contribution in [0.3, 0.4) is 0 Å². The summed E-state index contributed by atoms with van der Waals surface area (Å²) in [6, 6.07) is 11.6. The Bertz CT molecular complexity index is 1390. The molecule has 212 valence electrons. The van der Waals surface area contributed by atoms with E-state index in [0.717, 1.165) is 31.6 Å². The topological polar surface area (TPSA) is 126 Å². The summed E-state index contributed by atoms with van der Waals surface area (Å²) < 4.78 is 46.9. The number of alkyl halides is 3. The molecule has 1 aliphatic heterocycles. The van der Waals surface area contributed by atoms with E-state index in [1.165, 1.54) is 31.4 Å². The van der Waals surface area contributed by atoms with Crippen molar-refractivity contribution < 1.29 is 27.5 Å². The Labute approximate surface area is 229 Å². The number of Topliss-reactive ketones (excluding diaryl/α,β-unsaturated/α-hetero) is 1. The Morgan fingerprint density at radius 2 is 1.77 bits per heavy atom. The molecule has 3 aromatic rings. The number of ketones is 1. The standard InChI is InChI=1S/C27H30F3N7O3/c1-36(2)16-10-12-37(13-11-16)17-8-9-21(22(14-17)40-3)34-26-32-15-19(27(28,29)30)25(35-26)33-20-7-5-4-6-18(20)23(38)24(31)39/h4-9,14-16H,10-13H2,1-3H3,(H2,31,39)(H2,32,33,34,35). The number of aromatic nitrogens is 2. The minimum Gasteiger partial charge on any atom is -0.494 e. The van der Waals surface area contributed by atoms with Gasteiger partial charge in [0.25, 0.3) is 11.7 Å². The van der Waals surface area contributed by atoms with E-state index in [4.69, 9.17) is 10.5 Å². The second-order valence-electron chi connectivity index (χ2n) is 9.51. The second kappa shape index (κ2) is 11.8. The number of primary amides is 1. The van der Waals surface area contributed by atoms with Crippen molar-refractivity contribution in [2.24, 2.45) is 5.73 Å². The smallest absolute Gasteiger partial charge is 0.421 e. The molecule has 10 nitrogen and oxygen atoms in total. The van der Waals surface area contributed by atoms with Crippen LogP contribution in [0.5, 0.6) is 5.75 Å². The van der Waals surface area contributed by atoms with Gasteiger partial charge in [-0.25, -0.2) is 4.98 Å². The number of carbonyl (C=O) groups excluding carboxylic acids is 2. The lowest BCUT2D eigenvalue weighted by Crippen LogP contribution is -2.41. The fourth-order valence-corrected chi connectivity index (χ4v) is 4.54. The van der Waals surface area contributed by atoms with E-state index in [9.17, 15) is 22.8 Å². The molecule has 0 atom stereocenters. The van der Waals surface area contributed by atoms with Gasteiger partial charge in [0.05, 0.1) is 24.0 Å². The number of ether oxygens (including phenoxy) is 1. The van der Waals surface area contributed by atoms with Crippen molar-refractivity contribution in [3.8, 4) is 5.75 Å². The minimum atomic E-state index is -4.80. The number of hydrogen-bond donors (Lipinski definition) is 3. The fourth-order valence-electron chi connectivity index (χ4n) is 4.54. The number of halogens is 3. The predicted molar refractivity (Wildman–Crippen MR) is 145 cm³/mol. The van der Waals surface area contributed by atoms with Crippen LogP contribution >= 0.6 is 0 Å². The van der Waals surface area contributed by atoms with Gasteiger partial charge in [-0.15, -0.1) is 0 Å². The Morgan fingerprint density at radius 1 is 1.07 bits per heavy atom. The van der Waals surface area contributed by atoms with Gasteiger partial charge >= 0.3 is 6.18 Å². The Morgan fingerprint density at radius 3 is 2.40 bits per heavy atom. The van der Waals surface area contributed by atoms with Crippen molar-refractivity contribution in [3.05, 3.63) is 59.8 Å². The summed E-state index contributed by atoms with van der Waals surface area (Å²) in [6.45, 7) is 1.77. The highest BCUT2D eigenvalue weighted by Gasteiger charge is 2.36. The fraction of sp³-hybridized carbons (Fsp3) is 0.333. The molecule has 1 aromatic heterocycles. The van der Waals surface area contributed by atoms with E-state index in [1.807, 2.05) is 12.1 Å². The monoisotopic (exact) mass is 557 g/mol. The summed E-state index contributed by atoms with van der Waals surface area (Å²) in [5.41, 5.74) is 5.08. The Hall–Kier alpha value is -4.39. The second-order valence-corrected chi connectivity index (χ2v) is 9.51. The Balaban J connectivity index is 1.61. The normalized spacial score (nSPS) is 14.2. The maximum absolute atomic E-state index is 13.8. The van der Waals surface area contributed by atoms with Gasteiger partial charge in [-0.1, -0.05) is 12.1 Å². The number of rotatable bonds is 9. The molecule has 1 aliphatic rings. The van der Waals surface area contributed by atoms with Gasteiger partial charge in [0.15, 0.2) is 0 Å². The summed E-state index contributed by atoms with van der Waals surface area (Å²) in [7, 11) is 5.65. The molecule has 2 aromatic carbocycles. The average Bonchev–Trinajstić information content (AvgIpc) is 2.92. The number of nitrogens with one attached hydrogen (secondary N) is 2. The summed E-state index contributed by atoms with van der Waals surface area (Å²) >= 11 is 0. The van der Waals surface area contributed by atoms with Crippen LogP contribution < -0.4 is 26.0 Å². The number of carbonyl (C=O) groups is 2. The van der Waals surface area contributed by atoms with E-state index in [-0.39, 0.29) is 17.2 Å². The number of piperidine rings is 1. The molecule has 1 saturated heterocycles. The molecule has 0 unspecified atom stereocenters. The summed E-state index contributed by atoms with van der Waals surface area (Å²) in [5.74, 6) is -2.60. The maximum atomic E-state index is 13.8. The van der Waals surface area contributed by atoms with Crippen LogP contribution in [0.2, 0.25) is 0 Å². The zero-order chi connectivity index (χ0) is 29.0. The zero-order valence-corrected chi connectivity index (χ0v) is 22.2. The molecule has 4 N–H and O–H groups in total. The number of benzene rings is 2. The SMILES string of the molecule is COc1cc(N2CCC(N(C)C)CC2)ccc1Nc1ncc(C(F)(F)F)c(Nc2ccccc2C(=O)C(N)=O)n1. The summed E-state index contributed by atoms with van der Waals surface area (Å²) in [4.78, 5) is 36.0. The number of anilines is 5. The van der Waals surface area contributed by atoms with Crippen LogP contribution in [-0.2, 0) is 11.0 Å². The van der Waals surface area contributed by atoms with E-state index in [1.54, 1.807) is 6.07 Å². The summed E-state index contributed by atoms with van der Waals surface area (Å²) in [6.07, 6.45) is -2.12. The molecule has 0 radical (unpaired) electrons. The average molecular weight is 558 g/mol. The van der Waals surface area contributed by atoms with Gasteiger partial charge in [-0.05, 0) is 51.2 Å². The lowest BCUT2D eigenvalue weighted by molar-refractivity contribution is -0.137. The first-order valence-corrected chi connectivity index (χ1v) is 12.5. The number of methoxy groups -OCH3 is 1. The van der Waals surface area contributed by atoms with Gasteiger partial charge < -0.3 is 30.9 Å². The molecule has 40 heavy (non-hydrogen) atoms. The number of nitrogens with zero attached hydrogens (tertiary/aromatic N) is 4. The van der Waals surface area contributed by atoms with E-state index in [2.05, 4.69) is 44.5 Å². The van der Waals surface area contributed by atoms with Crippen molar-refractivity contribution >= 4 is 40.5 Å². The molecule has 1 amide bonds. The van der Waals surface area contributed by atoms with Crippen LogP contribution in [0.1, 0.15) is 28.8 Å². The molecule has 2 heterocycles. The first-order chi connectivity index (χ1) is 19.0. The summed E-state index contributed by atoms with van der Waals surface area (Å²) in [5, 5.41) is 5.44. The number of para-hydroxylation sites is 1. The molecule has 0 saturated carbocycles. The molecule has 0 spiro atoms. The van der Waals surface area contributed by atoms with E-state index in [0.29, 0.717) is 23.7 Å². The maximum Gasteiger partial charge on any atom is 0.421 e. The van der Waals surface area contributed by atoms with Crippen molar-refractivity contribution in [2.45, 2.75) is 25.1 Å². The van der Waals surface area contributed by atoms with Crippen LogP contribution in [0.15, 0.2) is 48.7 Å². The molecule has 4 rings (SSSR count). The minimum absolute atomic E-state index is 0.0681. The van der Waals surface area contributed by atoms with Crippen molar-refractivity contribution in [1.29, 1.82) is 0 Å². The zero-order valence-electron chi connectivity index (χ0n) is 22.2. The molecule has 13 heteroatoms. The first-order valence-electron chi connectivity index (χ1n) is 12.5. The molecular weight excluding hydrogens is 527 g/mol. The van der Waals surface area contributed by atoms with E-state index >= 15 is 0 Å². The highest BCUT2D eigenvalue weighted by atomic mass is 19.4. The number of hydrogen-bond acceptors (Lipinski definition) is 9. The van der Waals surface area contributed by atoms with Gasteiger partial charge in [0.1, 0.15) is 17.1 Å². The highest BCUT2D eigenvalue weighted by molar-refractivity contribution is 6.43. The van der Waals surface area contributed by atoms with Crippen LogP contribution in [-0.4, -0.2) is 66.9 Å². The van der Waals surface area contributed by atoms with Crippen molar-refractivity contribution in [2.75, 3.05) is 49.8 Å². The van der Waals surface area contributed by atoms with Gasteiger partial charge in [-0.2, -0.15) is 18.2 Å². The third kappa shape index (κ3) is 6.42. The Kier molecular flexibility index (Phi) is 8.43. The quantitative estimate of drug-likeness (QED) is 0.262. The van der Waals surface area contributed by atoms with Crippen molar-refractivity contribution in [1.82, 2.24) is 14.9 Å². The molecule has 0 bridgehead atoms. The third-order valence-electron chi connectivity index (χ3n) is 6.73. The number of nitrogens with two attached hydrogens (primary N) is 1. The lowest BCUT2D eigenvalue weighted by atomic mass is 10.0. The van der Waals surface area contributed by atoms with Gasteiger partial charge in [0.2, 0.25) is 5.95 Å². The largest absolute Gasteiger partial charge is 0.494 e. The van der Waals surface area contributed by atoms with Crippen LogP contribution in [0.4, 0.5) is 42.0 Å². The van der Waals surface area contributed by atoms with Gasteiger partial charge in [0, 0.05) is 37.1 Å². The molecule has 1 fully saturated rings. The third-order valence-corrected chi connectivity index (χ3v) is 6.73. The number of amides is 1. The van der Waals surface area contributed by atoms with Crippen LogP contribution in [0, 0.1) is 0 Å². The van der Waals surface area contributed by atoms with Crippen molar-refractivity contribution in [3.63, 3.8) is 0 Å². The predicted octanol–water partition coefficient (Wildman–Crippen LogP) is 4.19. The lowest BCUT2D eigenvalue weighted by Gasteiger charge is -2.36. The first kappa shape index (κ1) is 28.6. The van der Waals surface area contributed by atoms with Gasteiger partial charge in [-0.3, -0.25) is 9.59 Å².